The molecule has 1 aliphatic carbocycles. The van der Waals surface area contributed by atoms with E-state index in [4.69, 9.17) is 0 Å². The van der Waals surface area contributed by atoms with Gasteiger partial charge >= 0.3 is 6.18 Å². The SMILES string of the molecule is CCCC1(O)CCC2(CCN(c3ccc(CCC(F)(F)F)cc3)C2=O)CC1. The number of carbonyl (C=O) groups excluding carboxylic acids is 1. The van der Waals surface area contributed by atoms with Gasteiger partial charge in [0.2, 0.25) is 5.91 Å². The van der Waals surface area contributed by atoms with E-state index >= 15 is 0 Å². The first-order valence-corrected chi connectivity index (χ1v) is 9.87. The van der Waals surface area contributed by atoms with Crippen LogP contribution in [0, 0.1) is 5.41 Å². The summed E-state index contributed by atoms with van der Waals surface area (Å²) in [6, 6.07) is 6.86. The third kappa shape index (κ3) is 4.48. The van der Waals surface area contributed by atoms with Crippen LogP contribution in [-0.2, 0) is 11.2 Å². The van der Waals surface area contributed by atoms with Crippen LogP contribution in [0.2, 0.25) is 0 Å². The lowest BCUT2D eigenvalue weighted by atomic mass is 9.67. The number of anilines is 1. The molecule has 2 fully saturated rings. The molecule has 150 valence electrons. The number of carbonyl (C=O) groups is 1. The van der Waals surface area contributed by atoms with Crippen LogP contribution in [0.4, 0.5) is 18.9 Å². The number of rotatable bonds is 5. The highest BCUT2D eigenvalue weighted by molar-refractivity contribution is 6.00. The topological polar surface area (TPSA) is 40.5 Å². The molecule has 1 saturated carbocycles. The number of hydrogen-bond donors (Lipinski definition) is 1. The van der Waals surface area contributed by atoms with Crippen LogP contribution in [0.3, 0.4) is 0 Å². The number of aliphatic hydroxyl groups is 1. The van der Waals surface area contributed by atoms with Crippen molar-refractivity contribution in [3.8, 4) is 0 Å². The molecule has 3 rings (SSSR count). The first-order chi connectivity index (χ1) is 12.7. The normalized spacial score (nSPS) is 28.9. The predicted molar refractivity (Wildman–Crippen MR) is 98.5 cm³/mol. The lowest BCUT2D eigenvalue weighted by Crippen LogP contribution is -2.43. The van der Waals surface area contributed by atoms with Gasteiger partial charge in [-0.15, -0.1) is 0 Å². The summed E-state index contributed by atoms with van der Waals surface area (Å²) in [5.41, 5.74) is 0.365. The zero-order chi connectivity index (χ0) is 19.7. The number of alkyl halides is 3. The maximum atomic E-state index is 13.1. The maximum Gasteiger partial charge on any atom is 0.389 e. The Hall–Kier alpha value is -1.56. The van der Waals surface area contributed by atoms with Crippen LogP contribution in [0.15, 0.2) is 24.3 Å². The summed E-state index contributed by atoms with van der Waals surface area (Å²) >= 11 is 0. The van der Waals surface area contributed by atoms with E-state index < -0.39 is 18.2 Å². The van der Waals surface area contributed by atoms with Gasteiger partial charge in [-0.05, 0) is 62.6 Å². The molecule has 1 amide bonds. The summed E-state index contributed by atoms with van der Waals surface area (Å²) in [6.07, 6.45) is 0.209. The number of nitrogens with zero attached hydrogens (tertiary/aromatic N) is 1. The van der Waals surface area contributed by atoms with Crippen molar-refractivity contribution >= 4 is 11.6 Å². The molecule has 1 heterocycles. The van der Waals surface area contributed by atoms with Gasteiger partial charge < -0.3 is 10.0 Å². The van der Waals surface area contributed by atoms with E-state index in [1.165, 1.54) is 0 Å². The van der Waals surface area contributed by atoms with Crippen LogP contribution in [0.5, 0.6) is 0 Å². The van der Waals surface area contributed by atoms with Gasteiger partial charge in [0.25, 0.3) is 0 Å². The van der Waals surface area contributed by atoms with Crippen molar-refractivity contribution in [1.82, 2.24) is 0 Å². The molecule has 0 aromatic heterocycles. The second kappa shape index (κ2) is 7.46. The average Bonchev–Trinajstić information content (AvgIpc) is 2.93. The van der Waals surface area contributed by atoms with Gasteiger partial charge in [-0.25, -0.2) is 0 Å². The Balaban J connectivity index is 1.64. The lowest BCUT2D eigenvalue weighted by Gasteiger charge is -2.41. The molecule has 1 N–H and O–H groups in total. The highest BCUT2D eigenvalue weighted by Gasteiger charge is 2.51. The minimum atomic E-state index is -4.16. The first-order valence-electron chi connectivity index (χ1n) is 9.87. The third-order valence-electron chi connectivity index (χ3n) is 6.31. The van der Waals surface area contributed by atoms with Gasteiger partial charge in [0, 0.05) is 18.7 Å². The smallest absolute Gasteiger partial charge is 0.389 e. The second-order valence-electron chi connectivity index (χ2n) is 8.24. The summed E-state index contributed by atoms with van der Waals surface area (Å²) in [7, 11) is 0. The number of benzene rings is 1. The van der Waals surface area contributed by atoms with Gasteiger partial charge in [0.05, 0.1) is 11.0 Å². The fourth-order valence-corrected chi connectivity index (χ4v) is 4.57. The van der Waals surface area contributed by atoms with Gasteiger partial charge in [-0.2, -0.15) is 13.2 Å². The molecule has 1 aromatic carbocycles. The molecule has 1 aliphatic heterocycles. The largest absolute Gasteiger partial charge is 0.390 e. The average molecular weight is 383 g/mol. The molecule has 0 atom stereocenters. The number of amides is 1. The van der Waals surface area contributed by atoms with E-state index in [9.17, 15) is 23.1 Å². The minimum Gasteiger partial charge on any atom is -0.390 e. The molecule has 3 nitrogen and oxygen atoms in total. The number of hydrogen-bond acceptors (Lipinski definition) is 2. The molecule has 1 aromatic rings. The van der Waals surface area contributed by atoms with Gasteiger partial charge in [0.15, 0.2) is 0 Å². The summed E-state index contributed by atoms with van der Waals surface area (Å²) in [4.78, 5) is 14.9. The Morgan fingerprint density at radius 2 is 1.70 bits per heavy atom. The maximum absolute atomic E-state index is 13.1. The van der Waals surface area contributed by atoms with Gasteiger partial charge in [-0.3, -0.25) is 4.79 Å². The Bertz CT molecular complexity index is 661. The monoisotopic (exact) mass is 383 g/mol. The summed E-state index contributed by atoms with van der Waals surface area (Å²) in [5.74, 6) is 0.101. The van der Waals surface area contributed by atoms with E-state index in [2.05, 4.69) is 6.92 Å². The van der Waals surface area contributed by atoms with Crippen molar-refractivity contribution in [2.75, 3.05) is 11.4 Å². The minimum absolute atomic E-state index is 0.0440. The van der Waals surface area contributed by atoms with Crippen molar-refractivity contribution in [2.45, 2.75) is 76.5 Å². The molecule has 0 bridgehead atoms. The van der Waals surface area contributed by atoms with Crippen LogP contribution < -0.4 is 4.90 Å². The standard InChI is InChI=1S/C21H28F3NO2/c1-2-8-20(27)12-10-19(11-13-20)14-15-25(18(19)26)17-5-3-16(4-6-17)7-9-21(22,23)24/h3-6,27H,2,7-15H2,1H3. The first kappa shape index (κ1) is 20.2. The van der Waals surface area contributed by atoms with Crippen LogP contribution in [0.25, 0.3) is 0 Å². The highest BCUT2D eigenvalue weighted by Crippen LogP contribution is 2.49. The molecular formula is C21H28F3NO2. The fraction of sp³-hybridized carbons (Fsp3) is 0.667. The Morgan fingerprint density at radius 3 is 2.26 bits per heavy atom. The van der Waals surface area contributed by atoms with Crippen LogP contribution in [-0.4, -0.2) is 29.3 Å². The summed E-state index contributed by atoms with van der Waals surface area (Å²) < 4.78 is 37.1. The number of halogens is 3. The Labute approximate surface area is 158 Å². The van der Waals surface area contributed by atoms with Gasteiger partial charge in [0.1, 0.15) is 0 Å². The van der Waals surface area contributed by atoms with E-state index in [0.717, 1.165) is 24.9 Å². The van der Waals surface area contributed by atoms with Crippen molar-refractivity contribution in [3.05, 3.63) is 29.8 Å². The molecule has 1 saturated heterocycles. The van der Waals surface area contributed by atoms with Crippen molar-refractivity contribution in [1.29, 1.82) is 0 Å². The lowest BCUT2D eigenvalue weighted by molar-refractivity contribution is -0.134. The summed E-state index contributed by atoms with van der Waals surface area (Å²) in [6.45, 7) is 2.69. The predicted octanol–water partition coefficient (Wildman–Crippen LogP) is 5.01. The van der Waals surface area contributed by atoms with Crippen LogP contribution in [0.1, 0.15) is 63.9 Å². The molecule has 0 unspecified atom stereocenters. The molecule has 2 aliphatic rings. The Morgan fingerprint density at radius 1 is 1.07 bits per heavy atom. The van der Waals surface area contributed by atoms with E-state index in [0.29, 0.717) is 37.8 Å². The zero-order valence-corrected chi connectivity index (χ0v) is 15.8. The Kier molecular flexibility index (Phi) is 5.57. The molecule has 1 spiro atoms. The third-order valence-corrected chi connectivity index (χ3v) is 6.31. The van der Waals surface area contributed by atoms with Crippen molar-refractivity contribution < 1.29 is 23.1 Å². The molecule has 0 radical (unpaired) electrons. The van der Waals surface area contributed by atoms with Crippen molar-refractivity contribution in [2.24, 2.45) is 5.41 Å². The summed E-state index contributed by atoms with van der Waals surface area (Å²) in [5, 5.41) is 10.6. The van der Waals surface area contributed by atoms with Gasteiger partial charge in [-0.1, -0.05) is 25.5 Å². The molecule has 6 heteroatoms. The molecular weight excluding hydrogens is 355 g/mol. The highest BCUT2D eigenvalue weighted by atomic mass is 19.4. The quantitative estimate of drug-likeness (QED) is 0.776. The fourth-order valence-electron chi connectivity index (χ4n) is 4.57. The van der Waals surface area contributed by atoms with E-state index in [1.807, 2.05) is 0 Å². The second-order valence-corrected chi connectivity index (χ2v) is 8.24. The number of aryl methyl sites for hydroxylation is 1. The molecule has 27 heavy (non-hydrogen) atoms. The van der Waals surface area contributed by atoms with Crippen LogP contribution >= 0.6 is 0 Å². The van der Waals surface area contributed by atoms with Crippen molar-refractivity contribution in [3.63, 3.8) is 0 Å². The zero-order valence-electron chi connectivity index (χ0n) is 15.8. The van der Waals surface area contributed by atoms with E-state index in [1.54, 1.807) is 29.2 Å². The van der Waals surface area contributed by atoms with E-state index in [-0.39, 0.29) is 17.7 Å².